The van der Waals surface area contributed by atoms with Gasteiger partial charge >= 0.3 is 0 Å². The number of piperidine rings is 1. The molecule has 0 aromatic heterocycles. The van der Waals surface area contributed by atoms with E-state index in [-0.39, 0.29) is 12.0 Å². The molecule has 2 aliphatic heterocycles. The number of hydrogen-bond donors (Lipinski definition) is 0. The number of fused-ring (bicyclic) bond motifs is 1. The van der Waals surface area contributed by atoms with Gasteiger partial charge in [0.05, 0.1) is 30.8 Å². The van der Waals surface area contributed by atoms with Crippen LogP contribution >= 0.6 is 0 Å². The molecule has 3 rings (SSSR count). The van der Waals surface area contributed by atoms with Crippen LogP contribution in [-0.2, 0) is 16.0 Å². The maximum absolute atomic E-state index is 12.6. The molecule has 1 aromatic rings. The van der Waals surface area contributed by atoms with E-state index in [1.165, 1.54) is 0 Å². The van der Waals surface area contributed by atoms with Gasteiger partial charge in [-0.1, -0.05) is 18.2 Å². The topological polar surface area (TPSA) is 56.6 Å². The van der Waals surface area contributed by atoms with E-state index in [0.29, 0.717) is 31.1 Å². The molecule has 5 heteroatoms. The number of carbonyl (C=O) groups is 1. The summed E-state index contributed by atoms with van der Waals surface area (Å²) in [4.78, 5) is 16.9. The minimum absolute atomic E-state index is 0.133. The molecule has 1 amide bonds. The third kappa shape index (κ3) is 4.47. The largest absolute Gasteiger partial charge is 0.375 e. The smallest absolute Gasteiger partial charge is 0.227 e. The molecule has 0 saturated carbocycles. The SMILES string of the molecule is C=CCN1CCOC2CN(C(=O)Cc3ccc(C#N)cc3)CCC2C1. The van der Waals surface area contributed by atoms with Gasteiger partial charge in [0, 0.05) is 38.6 Å². The van der Waals surface area contributed by atoms with Crippen LogP contribution in [0.2, 0.25) is 0 Å². The first-order chi connectivity index (χ1) is 12.2. The van der Waals surface area contributed by atoms with E-state index in [4.69, 9.17) is 10.00 Å². The van der Waals surface area contributed by atoms with Crippen LogP contribution in [0.3, 0.4) is 0 Å². The van der Waals surface area contributed by atoms with Crippen molar-refractivity contribution in [3.05, 3.63) is 48.0 Å². The van der Waals surface area contributed by atoms with Crippen LogP contribution in [0.4, 0.5) is 0 Å². The maximum Gasteiger partial charge on any atom is 0.227 e. The van der Waals surface area contributed by atoms with Crippen molar-refractivity contribution in [1.29, 1.82) is 5.26 Å². The third-order valence-electron chi connectivity index (χ3n) is 5.11. The van der Waals surface area contributed by atoms with E-state index in [1.54, 1.807) is 12.1 Å². The molecule has 0 aliphatic carbocycles. The zero-order chi connectivity index (χ0) is 17.6. The first-order valence-electron chi connectivity index (χ1n) is 8.91. The average molecular weight is 339 g/mol. The highest BCUT2D eigenvalue weighted by molar-refractivity contribution is 5.79. The van der Waals surface area contributed by atoms with Crippen LogP contribution in [0.25, 0.3) is 0 Å². The summed E-state index contributed by atoms with van der Waals surface area (Å²) < 4.78 is 6.04. The summed E-state index contributed by atoms with van der Waals surface area (Å²) in [5.74, 6) is 0.625. The fraction of sp³-hybridized carbons (Fsp3) is 0.500. The Labute approximate surface area is 149 Å². The number of benzene rings is 1. The van der Waals surface area contributed by atoms with Crippen LogP contribution in [0.5, 0.6) is 0 Å². The Hall–Kier alpha value is -2.16. The van der Waals surface area contributed by atoms with Gasteiger partial charge in [0.25, 0.3) is 0 Å². The van der Waals surface area contributed by atoms with Gasteiger partial charge in [-0.3, -0.25) is 9.69 Å². The monoisotopic (exact) mass is 339 g/mol. The third-order valence-corrected chi connectivity index (χ3v) is 5.11. The molecule has 2 unspecified atom stereocenters. The van der Waals surface area contributed by atoms with Crippen molar-refractivity contribution in [2.75, 3.05) is 39.3 Å². The molecule has 0 radical (unpaired) electrons. The second-order valence-electron chi connectivity index (χ2n) is 6.83. The summed E-state index contributed by atoms with van der Waals surface area (Å²) in [6.45, 7) is 8.86. The minimum atomic E-state index is 0.133. The van der Waals surface area contributed by atoms with Crippen molar-refractivity contribution in [3.8, 4) is 6.07 Å². The Balaban J connectivity index is 1.57. The molecule has 2 atom stereocenters. The van der Waals surface area contributed by atoms with Crippen molar-refractivity contribution in [2.24, 2.45) is 5.92 Å². The maximum atomic E-state index is 12.6. The van der Waals surface area contributed by atoms with Gasteiger partial charge in [0.15, 0.2) is 0 Å². The van der Waals surface area contributed by atoms with Gasteiger partial charge in [-0.15, -0.1) is 6.58 Å². The number of carbonyl (C=O) groups excluding carboxylic acids is 1. The van der Waals surface area contributed by atoms with Gasteiger partial charge in [-0.25, -0.2) is 0 Å². The van der Waals surface area contributed by atoms with Crippen molar-refractivity contribution < 1.29 is 9.53 Å². The standard InChI is InChI=1S/C20H25N3O2/c1-2-8-22-10-11-25-19-15-23(9-7-18(19)14-22)20(24)12-16-3-5-17(13-21)6-4-16/h2-6,18-19H,1,7-12,14-15H2. The molecule has 0 spiro atoms. The lowest BCUT2D eigenvalue weighted by Gasteiger charge is -2.38. The Morgan fingerprint density at radius 1 is 1.32 bits per heavy atom. The van der Waals surface area contributed by atoms with Crippen LogP contribution in [-0.4, -0.2) is 61.1 Å². The highest BCUT2D eigenvalue weighted by Gasteiger charge is 2.34. The van der Waals surface area contributed by atoms with Crippen molar-refractivity contribution in [2.45, 2.75) is 18.9 Å². The number of likely N-dealkylation sites (tertiary alicyclic amines) is 1. The van der Waals surface area contributed by atoms with E-state index in [0.717, 1.165) is 38.2 Å². The molecule has 2 fully saturated rings. The molecule has 5 nitrogen and oxygen atoms in total. The van der Waals surface area contributed by atoms with Gasteiger partial charge < -0.3 is 9.64 Å². The molecule has 0 bridgehead atoms. The van der Waals surface area contributed by atoms with Gasteiger partial charge in [-0.2, -0.15) is 5.26 Å². The van der Waals surface area contributed by atoms with E-state index in [2.05, 4.69) is 17.5 Å². The lowest BCUT2D eigenvalue weighted by molar-refractivity contribution is -0.136. The zero-order valence-electron chi connectivity index (χ0n) is 14.6. The summed E-state index contributed by atoms with van der Waals surface area (Å²) in [6.07, 6.45) is 3.44. The highest BCUT2D eigenvalue weighted by Crippen LogP contribution is 2.24. The van der Waals surface area contributed by atoms with Crippen LogP contribution in [0, 0.1) is 17.2 Å². The molecular weight excluding hydrogens is 314 g/mol. The van der Waals surface area contributed by atoms with E-state index >= 15 is 0 Å². The molecule has 132 valence electrons. The predicted octanol–water partition coefficient (Wildman–Crippen LogP) is 1.84. The normalized spacial score (nSPS) is 24.0. The van der Waals surface area contributed by atoms with E-state index in [9.17, 15) is 4.79 Å². The summed E-state index contributed by atoms with van der Waals surface area (Å²) in [7, 11) is 0. The predicted molar refractivity (Wildman–Crippen MR) is 95.9 cm³/mol. The molecule has 2 heterocycles. The second kappa shape index (κ2) is 8.28. The highest BCUT2D eigenvalue weighted by atomic mass is 16.5. The van der Waals surface area contributed by atoms with E-state index < -0.39 is 0 Å². The van der Waals surface area contributed by atoms with Crippen molar-refractivity contribution in [3.63, 3.8) is 0 Å². The Kier molecular flexibility index (Phi) is 5.85. The number of nitrogens with zero attached hydrogens (tertiary/aromatic N) is 3. The Morgan fingerprint density at radius 3 is 2.84 bits per heavy atom. The van der Waals surface area contributed by atoms with Crippen molar-refractivity contribution >= 4 is 5.91 Å². The first-order valence-corrected chi connectivity index (χ1v) is 8.91. The van der Waals surface area contributed by atoms with Gasteiger partial charge in [0.2, 0.25) is 5.91 Å². The summed E-state index contributed by atoms with van der Waals surface area (Å²) in [5, 5.41) is 8.85. The molecule has 1 aromatic carbocycles. The fourth-order valence-electron chi connectivity index (χ4n) is 3.68. The van der Waals surface area contributed by atoms with E-state index in [1.807, 2.05) is 23.1 Å². The number of ether oxygens (including phenoxy) is 1. The van der Waals surface area contributed by atoms with Gasteiger partial charge in [0.1, 0.15) is 0 Å². The lowest BCUT2D eigenvalue weighted by Crippen LogP contribution is -2.49. The lowest BCUT2D eigenvalue weighted by atomic mass is 9.93. The van der Waals surface area contributed by atoms with Gasteiger partial charge in [-0.05, 0) is 24.1 Å². The number of rotatable bonds is 4. The molecule has 0 N–H and O–H groups in total. The van der Waals surface area contributed by atoms with Crippen molar-refractivity contribution in [1.82, 2.24) is 9.80 Å². The Morgan fingerprint density at radius 2 is 2.12 bits per heavy atom. The molecule has 25 heavy (non-hydrogen) atoms. The summed E-state index contributed by atoms with van der Waals surface area (Å²) >= 11 is 0. The number of nitriles is 1. The van der Waals surface area contributed by atoms with Crippen LogP contribution in [0.1, 0.15) is 17.5 Å². The number of amides is 1. The molecule has 2 aliphatic rings. The average Bonchev–Trinajstić information content (AvgIpc) is 2.83. The van der Waals surface area contributed by atoms with Crippen LogP contribution < -0.4 is 0 Å². The fourth-order valence-corrected chi connectivity index (χ4v) is 3.68. The summed E-state index contributed by atoms with van der Waals surface area (Å²) in [5.41, 5.74) is 1.57. The number of hydrogen-bond acceptors (Lipinski definition) is 4. The first kappa shape index (κ1) is 17.7. The minimum Gasteiger partial charge on any atom is -0.375 e. The van der Waals surface area contributed by atoms with Crippen LogP contribution in [0.15, 0.2) is 36.9 Å². The molecular formula is C20H25N3O2. The zero-order valence-corrected chi connectivity index (χ0v) is 14.6. The summed E-state index contributed by atoms with van der Waals surface area (Å²) in [6, 6.07) is 9.34. The Bertz CT molecular complexity index is 650. The second-order valence-corrected chi connectivity index (χ2v) is 6.83. The quantitative estimate of drug-likeness (QED) is 0.786. The molecule has 2 saturated heterocycles.